The second-order valence-electron chi connectivity index (χ2n) is 5.20. The number of benzene rings is 1. The Morgan fingerprint density at radius 3 is 2.71 bits per heavy atom. The molecule has 0 atom stereocenters. The lowest BCUT2D eigenvalue weighted by molar-refractivity contribution is 0.181. The van der Waals surface area contributed by atoms with Crippen molar-refractivity contribution >= 4 is 0 Å². The maximum Gasteiger partial charge on any atom is 0.0462 e. The largest absolute Gasteiger partial charge is 0.385 e. The number of rotatable bonds is 6. The van der Waals surface area contributed by atoms with Gasteiger partial charge in [0.25, 0.3) is 0 Å². The van der Waals surface area contributed by atoms with Crippen molar-refractivity contribution in [1.82, 2.24) is 5.32 Å². The summed E-state index contributed by atoms with van der Waals surface area (Å²) in [5.74, 6) is 0. The maximum absolute atomic E-state index is 5.12. The molecule has 1 aliphatic rings. The average molecular weight is 233 g/mol. The summed E-state index contributed by atoms with van der Waals surface area (Å²) in [6.07, 6.45) is 3.69. The summed E-state index contributed by atoms with van der Waals surface area (Å²) < 4.78 is 5.12. The summed E-state index contributed by atoms with van der Waals surface area (Å²) in [7, 11) is 1.78. The van der Waals surface area contributed by atoms with Crippen LogP contribution in [0.1, 0.15) is 30.4 Å². The molecule has 17 heavy (non-hydrogen) atoms. The van der Waals surface area contributed by atoms with Crippen LogP contribution in [0.15, 0.2) is 24.3 Å². The molecular formula is C15H23NO. The van der Waals surface area contributed by atoms with E-state index in [1.54, 1.807) is 7.11 Å². The van der Waals surface area contributed by atoms with Crippen molar-refractivity contribution in [3.8, 4) is 0 Å². The molecule has 2 heteroatoms. The first-order valence-corrected chi connectivity index (χ1v) is 6.54. The highest BCUT2D eigenvalue weighted by molar-refractivity contribution is 5.32. The van der Waals surface area contributed by atoms with Crippen molar-refractivity contribution < 1.29 is 4.74 Å². The monoisotopic (exact) mass is 233 g/mol. The minimum Gasteiger partial charge on any atom is -0.385 e. The van der Waals surface area contributed by atoms with E-state index in [1.165, 1.54) is 30.4 Å². The molecular weight excluding hydrogens is 210 g/mol. The van der Waals surface area contributed by atoms with Crippen LogP contribution >= 0.6 is 0 Å². The third-order valence-electron chi connectivity index (χ3n) is 3.81. The zero-order chi connectivity index (χ0) is 12.1. The van der Waals surface area contributed by atoms with E-state index in [-0.39, 0.29) is 0 Å². The number of methoxy groups -OCH3 is 1. The van der Waals surface area contributed by atoms with Crippen LogP contribution in [0, 0.1) is 6.92 Å². The molecule has 0 spiro atoms. The Kier molecular flexibility index (Phi) is 4.19. The van der Waals surface area contributed by atoms with Gasteiger partial charge in [-0.25, -0.2) is 0 Å². The van der Waals surface area contributed by atoms with Crippen molar-refractivity contribution in [2.45, 2.75) is 31.6 Å². The fourth-order valence-corrected chi connectivity index (χ4v) is 2.64. The van der Waals surface area contributed by atoms with Crippen LogP contribution in [0.3, 0.4) is 0 Å². The van der Waals surface area contributed by atoms with Gasteiger partial charge < -0.3 is 10.1 Å². The highest BCUT2D eigenvalue weighted by Gasteiger charge is 2.37. The molecule has 1 heterocycles. The lowest BCUT2D eigenvalue weighted by atomic mass is 9.71. The number of ether oxygens (including phenoxy) is 1. The minimum absolute atomic E-state index is 0.389. The van der Waals surface area contributed by atoms with E-state index in [9.17, 15) is 0 Å². The molecule has 1 aromatic rings. The van der Waals surface area contributed by atoms with E-state index in [0.29, 0.717) is 5.41 Å². The van der Waals surface area contributed by atoms with Crippen LogP contribution in [-0.4, -0.2) is 26.8 Å². The first-order valence-electron chi connectivity index (χ1n) is 6.54. The number of hydrogen-bond acceptors (Lipinski definition) is 2. The smallest absolute Gasteiger partial charge is 0.0462 e. The van der Waals surface area contributed by atoms with E-state index < -0.39 is 0 Å². The Balaban J connectivity index is 1.99. The number of aryl methyl sites for hydroxylation is 1. The van der Waals surface area contributed by atoms with Crippen LogP contribution in [0.2, 0.25) is 0 Å². The molecule has 0 amide bonds. The molecule has 0 aliphatic carbocycles. The highest BCUT2D eigenvalue weighted by atomic mass is 16.5. The molecule has 1 aromatic carbocycles. The fraction of sp³-hybridized carbons (Fsp3) is 0.600. The number of nitrogens with one attached hydrogen (secondary N) is 1. The first-order chi connectivity index (χ1) is 8.27. The van der Waals surface area contributed by atoms with Crippen molar-refractivity contribution in [3.05, 3.63) is 35.4 Å². The molecule has 1 saturated heterocycles. The van der Waals surface area contributed by atoms with Gasteiger partial charge in [0.2, 0.25) is 0 Å². The molecule has 0 unspecified atom stereocenters. The lowest BCUT2D eigenvalue weighted by Crippen LogP contribution is -2.56. The van der Waals surface area contributed by atoms with Gasteiger partial charge in [0.15, 0.2) is 0 Å². The van der Waals surface area contributed by atoms with Gasteiger partial charge in [0.1, 0.15) is 0 Å². The van der Waals surface area contributed by atoms with Crippen molar-refractivity contribution in [2.75, 3.05) is 26.8 Å². The second-order valence-corrected chi connectivity index (χ2v) is 5.20. The van der Waals surface area contributed by atoms with Gasteiger partial charge in [0.05, 0.1) is 0 Å². The predicted molar refractivity (Wildman–Crippen MR) is 71.5 cm³/mol. The van der Waals surface area contributed by atoms with Crippen LogP contribution in [0.5, 0.6) is 0 Å². The van der Waals surface area contributed by atoms with Crippen LogP contribution in [0.4, 0.5) is 0 Å². The molecule has 1 N–H and O–H groups in total. The Bertz CT molecular complexity index is 358. The topological polar surface area (TPSA) is 21.3 Å². The number of unbranched alkanes of at least 4 members (excludes halogenated alkanes) is 1. The van der Waals surface area contributed by atoms with Gasteiger partial charge in [-0.2, -0.15) is 0 Å². The second kappa shape index (κ2) is 5.65. The molecule has 0 saturated carbocycles. The summed E-state index contributed by atoms with van der Waals surface area (Å²) >= 11 is 0. The zero-order valence-corrected chi connectivity index (χ0v) is 11.0. The highest BCUT2D eigenvalue weighted by Crippen LogP contribution is 2.34. The zero-order valence-electron chi connectivity index (χ0n) is 11.0. The molecule has 1 aliphatic heterocycles. The third kappa shape index (κ3) is 2.88. The van der Waals surface area contributed by atoms with Crippen LogP contribution < -0.4 is 5.32 Å². The Morgan fingerprint density at radius 1 is 1.29 bits per heavy atom. The van der Waals surface area contributed by atoms with Gasteiger partial charge in [-0.1, -0.05) is 36.2 Å². The first kappa shape index (κ1) is 12.6. The SMILES string of the molecule is COCCCCC1(c2cccc(C)c2)CNC1. The van der Waals surface area contributed by atoms with Gasteiger partial charge in [-0.15, -0.1) is 0 Å². The summed E-state index contributed by atoms with van der Waals surface area (Å²) in [5.41, 5.74) is 3.26. The maximum atomic E-state index is 5.12. The van der Waals surface area contributed by atoms with E-state index >= 15 is 0 Å². The van der Waals surface area contributed by atoms with E-state index in [1.807, 2.05) is 0 Å². The van der Waals surface area contributed by atoms with Crippen molar-refractivity contribution in [2.24, 2.45) is 0 Å². The molecule has 2 rings (SSSR count). The molecule has 2 nitrogen and oxygen atoms in total. The average Bonchev–Trinajstić information content (AvgIpc) is 2.27. The summed E-state index contributed by atoms with van der Waals surface area (Å²) in [4.78, 5) is 0. The Labute approximate surface area is 104 Å². The molecule has 1 fully saturated rings. The molecule has 0 bridgehead atoms. The van der Waals surface area contributed by atoms with Gasteiger partial charge in [-0.05, 0) is 25.3 Å². The van der Waals surface area contributed by atoms with E-state index in [4.69, 9.17) is 4.74 Å². The molecule has 0 radical (unpaired) electrons. The quantitative estimate of drug-likeness (QED) is 0.763. The van der Waals surface area contributed by atoms with Crippen LogP contribution in [-0.2, 0) is 10.2 Å². The summed E-state index contributed by atoms with van der Waals surface area (Å²) in [6.45, 7) is 5.32. The number of hydrogen-bond donors (Lipinski definition) is 1. The molecule has 94 valence electrons. The van der Waals surface area contributed by atoms with Crippen molar-refractivity contribution in [3.63, 3.8) is 0 Å². The van der Waals surface area contributed by atoms with Gasteiger partial charge in [0, 0.05) is 32.2 Å². The summed E-state index contributed by atoms with van der Waals surface area (Å²) in [6, 6.07) is 8.98. The standard InChI is InChI=1S/C15H23NO/c1-13-6-5-7-14(10-13)15(11-16-12-15)8-3-4-9-17-2/h5-7,10,16H,3-4,8-9,11-12H2,1-2H3. The van der Waals surface area contributed by atoms with Gasteiger partial charge in [-0.3, -0.25) is 0 Å². The fourth-order valence-electron chi connectivity index (χ4n) is 2.64. The predicted octanol–water partition coefficient (Wildman–Crippen LogP) is 2.65. The molecule has 0 aromatic heterocycles. The van der Waals surface area contributed by atoms with E-state index in [0.717, 1.165) is 19.7 Å². The minimum atomic E-state index is 0.389. The van der Waals surface area contributed by atoms with Crippen molar-refractivity contribution in [1.29, 1.82) is 0 Å². The summed E-state index contributed by atoms with van der Waals surface area (Å²) in [5, 5.41) is 3.43. The van der Waals surface area contributed by atoms with Crippen LogP contribution in [0.25, 0.3) is 0 Å². The lowest BCUT2D eigenvalue weighted by Gasteiger charge is -2.43. The third-order valence-corrected chi connectivity index (χ3v) is 3.81. The Morgan fingerprint density at radius 2 is 2.12 bits per heavy atom. The van der Waals surface area contributed by atoms with E-state index in [2.05, 4.69) is 36.5 Å². The normalized spacial score (nSPS) is 17.8. The Hall–Kier alpha value is -0.860. The van der Waals surface area contributed by atoms with Gasteiger partial charge >= 0.3 is 0 Å².